The Morgan fingerprint density at radius 3 is 2.78 bits per heavy atom. The van der Waals surface area contributed by atoms with E-state index in [0.29, 0.717) is 30.8 Å². The van der Waals surface area contributed by atoms with Crippen LogP contribution in [-0.2, 0) is 17.8 Å². The Kier molecular flexibility index (Phi) is 5.14. The first kappa shape index (κ1) is 15.8. The van der Waals surface area contributed by atoms with E-state index in [0.717, 1.165) is 31.6 Å². The van der Waals surface area contributed by atoms with Crippen molar-refractivity contribution >= 4 is 5.95 Å². The monoisotopic (exact) mass is 318 g/mol. The molecule has 0 aliphatic carbocycles. The summed E-state index contributed by atoms with van der Waals surface area (Å²) in [5.41, 5.74) is 1.03. The van der Waals surface area contributed by atoms with Crippen LogP contribution in [0.4, 0.5) is 5.95 Å². The predicted octanol–water partition coefficient (Wildman–Crippen LogP) is 1.39. The van der Waals surface area contributed by atoms with Crippen molar-refractivity contribution in [1.29, 1.82) is 0 Å². The molecule has 0 bridgehead atoms. The minimum Gasteiger partial charge on any atom is -0.376 e. The van der Waals surface area contributed by atoms with Gasteiger partial charge in [0.05, 0.1) is 12.6 Å². The first-order valence-corrected chi connectivity index (χ1v) is 7.83. The van der Waals surface area contributed by atoms with Crippen LogP contribution in [0.1, 0.15) is 30.1 Å². The van der Waals surface area contributed by atoms with E-state index in [1.807, 2.05) is 26.4 Å². The van der Waals surface area contributed by atoms with Gasteiger partial charge in [-0.2, -0.15) is 4.98 Å². The lowest BCUT2D eigenvalue weighted by atomic mass is 10.2. The molecule has 23 heavy (non-hydrogen) atoms. The molecule has 124 valence electrons. The van der Waals surface area contributed by atoms with Gasteiger partial charge in [0, 0.05) is 37.7 Å². The molecule has 0 aromatic carbocycles. The summed E-state index contributed by atoms with van der Waals surface area (Å²) in [5, 5.41) is 7.00. The number of nitrogens with zero attached hydrogens (tertiary/aromatic N) is 5. The molecule has 0 amide bonds. The zero-order chi connectivity index (χ0) is 16.1. The van der Waals surface area contributed by atoms with Crippen molar-refractivity contribution in [3.8, 4) is 0 Å². The molecule has 0 unspecified atom stereocenters. The zero-order valence-electron chi connectivity index (χ0n) is 13.5. The highest BCUT2D eigenvalue weighted by Crippen LogP contribution is 2.12. The van der Waals surface area contributed by atoms with Crippen molar-refractivity contribution in [2.75, 3.05) is 25.5 Å². The van der Waals surface area contributed by atoms with Crippen LogP contribution >= 0.6 is 0 Å². The van der Waals surface area contributed by atoms with Gasteiger partial charge in [-0.15, -0.1) is 0 Å². The number of nitrogens with one attached hydrogen (secondary N) is 1. The maximum atomic E-state index is 5.56. The average Bonchev–Trinajstić information content (AvgIpc) is 3.18. The Hall–Kier alpha value is -2.06. The summed E-state index contributed by atoms with van der Waals surface area (Å²) in [6, 6.07) is 0. The van der Waals surface area contributed by atoms with Crippen LogP contribution < -0.4 is 5.32 Å². The number of anilines is 1. The largest absolute Gasteiger partial charge is 0.376 e. The van der Waals surface area contributed by atoms with Crippen LogP contribution in [0.3, 0.4) is 0 Å². The lowest BCUT2D eigenvalue weighted by Gasteiger charge is -2.14. The third-order valence-electron chi connectivity index (χ3n) is 3.64. The minimum absolute atomic E-state index is 0.280. The Morgan fingerprint density at radius 2 is 2.13 bits per heavy atom. The fourth-order valence-corrected chi connectivity index (χ4v) is 2.54. The van der Waals surface area contributed by atoms with E-state index >= 15 is 0 Å². The minimum atomic E-state index is 0.280. The normalized spacial score (nSPS) is 17.8. The van der Waals surface area contributed by atoms with Crippen molar-refractivity contribution < 1.29 is 9.26 Å². The number of hydrogen-bond acceptors (Lipinski definition) is 8. The highest BCUT2D eigenvalue weighted by atomic mass is 16.5. The third kappa shape index (κ3) is 4.70. The van der Waals surface area contributed by atoms with Gasteiger partial charge in [-0.3, -0.25) is 4.90 Å². The molecule has 2 aromatic rings. The molecule has 1 N–H and O–H groups in total. The van der Waals surface area contributed by atoms with Gasteiger partial charge in [0.15, 0.2) is 5.82 Å². The predicted molar refractivity (Wildman–Crippen MR) is 83.7 cm³/mol. The van der Waals surface area contributed by atoms with Crippen LogP contribution in [0, 0.1) is 6.92 Å². The first-order chi connectivity index (χ1) is 11.2. The quantitative estimate of drug-likeness (QED) is 0.819. The van der Waals surface area contributed by atoms with Gasteiger partial charge in [-0.1, -0.05) is 5.16 Å². The fourth-order valence-electron chi connectivity index (χ4n) is 2.54. The molecular weight excluding hydrogens is 296 g/mol. The second kappa shape index (κ2) is 7.47. The lowest BCUT2D eigenvalue weighted by Crippen LogP contribution is -2.20. The summed E-state index contributed by atoms with van der Waals surface area (Å²) in [6.07, 6.45) is 6.19. The summed E-state index contributed by atoms with van der Waals surface area (Å²) >= 11 is 0. The topological polar surface area (TPSA) is 89.2 Å². The summed E-state index contributed by atoms with van der Waals surface area (Å²) in [5.74, 6) is 1.90. The highest BCUT2D eigenvalue weighted by molar-refractivity contribution is 5.24. The molecule has 8 nitrogen and oxygen atoms in total. The van der Waals surface area contributed by atoms with Gasteiger partial charge in [-0.25, -0.2) is 9.97 Å². The Balaban J connectivity index is 1.46. The molecule has 3 rings (SSSR count). The number of aromatic nitrogens is 4. The maximum Gasteiger partial charge on any atom is 0.240 e. The van der Waals surface area contributed by atoms with Crippen molar-refractivity contribution in [3.63, 3.8) is 0 Å². The summed E-state index contributed by atoms with van der Waals surface area (Å²) in [4.78, 5) is 15.0. The number of hydrogen-bond donors (Lipinski definition) is 1. The van der Waals surface area contributed by atoms with Crippen LogP contribution in [-0.4, -0.2) is 51.3 Å². The van der Waals surface area contributed by atoms with E-state index in [4.69, 9.17) is 9.26 Å². The maximum absolute atomic E-state index is 5.56. The highest BCUT2D eigenvalue weighted by Gasteiger charge is 2.15. The molecule has 0 radical (unpaired) electrons. The van der Waals surface area contributed by atoms with E-state index in [1.54, 1.807) is 0 Å². The Labute approximate surface area is 135 Å². The third-order valence-corrected chi connectivity index (χ3v) is 3.64. The molecule has 0 saturated carbocycles. The molecule has 1 fully saturated rings. The van der Waals surface area contributed by atoms with Crippen molar-refractivity contribution in [3.05, 3.63) is 29.7 Å². The van der Waals surface area contributed by atoms with Crippen molar-refractivity contribution in [1.82, 2.24) is 25.0 Å². The van der Waals surface area contributed by atoms with E-state index in [1.165, 1.54) is 0 Å². The van der Waals surface area contributed by atoms with E-state index < -0.39 is 0 Å². The van der Waals surface area contributed by atoms with Gasteiger partial charge in [0.2, 0.25) is 11.8 Å². The standard InChI is InChI=1S/C15H22N6O2/c1-11-19-14(23-20-11)10-21(2)9-12-6-16-15(17-7-12)18-8-13-4-3-5-22-13/h6-7,13H,3-5,8-10H2,1-2H3,(H,16,17,18)/t13-/m0/s1. The van der Waals surface area contributed by atoms with Gasteiger partial charge in [0.25, 0.3) is 0 Å². The first-order valence-electron chi connectivity index (χ1n) is 7.83. The molecule has 8 heteroatoms. The Morgan fingerprint density at radius 1 is 1.30 bits per heavy atom. The molecule has 3 heterocycles. The average molecular weight is 318 g/mol. The second-order valence-corrected chi connectivity index (χ2v) is 5.84. The van der Waals surface area contributed by atoms with E-state index in [-0.39, 0.29) is 6.10 Å². The van der Waals surface area contributed by atoms with Gasteiger partial charge >= 0.3 is 0 Å². The van der Waals surface area contributed by atoms with Crippen molar-refractivity contribution in [2.24, 2.45) is 0 Å². The number of aryl methyl sites for hydroxylation is 1. The number of rotatable bonds is 7. The zero-order valence-corrected chi connectivity index (χ0v) is 13.5. The van der Waals surface area contributed by atoms with E-state index in [9.17, 15) is 0 Å². The molecule has 1 atom stereocenters. The molecule has 1 saturated heterocycles. The molecule has 1 aliphatic heterocycles. The molecule has 2 aromatic heterocycles. The van der Waals surface area contributed by atoms with Gasteiger partial charge < -0.3 is 14.6 Å². The summed E-state index contributed by atoms with van der Waals surface area (Å²) < 4.78 is 10.7. The molecule has 1 aliphatic rings. The molecule has 0 spiro atoms. The molecular formula is C15H22N6O2. The fraction of sp³-hybridized carbons (Fsp3) is 0.600. The van der Waals surface area contributed by atoms with Crippen LogP contribution in [0.25, 0.3) is 0 Å². The lowest BCUT2D eigenvalue weighted by molar-refractivity contribution is 0.120. The smallest absolute Gasteiger partial charge is 0.240 e. The second-order valence-electron chi connectivity index (χ2n) is 5.84. The Bertz CT molecular complexity index is 609. The van der Waals surface area contributed by atoms with Crippen molar-refractivity contribution in [2.45, 2.75) is 39.0 Å². The van der Waals surface area contributed by atoms with E-state index in [2.05, 4.69) is 30.3 Å². The van der Waals surface area contributed by atoms with Gasteiger partial charge in [0.1, 0.15) is 0 Å². The summed E-state index contributed by atoms with van der Waals surface area (Å²) in [7, 11) is 1.99. The SMILES string of the molecule is Cc1noc(CN(C)Cc2cnc(NC[C@@H]3CCCO3)nc2)n1. The van der Waals surface area contributed by atoms with Crippen LogP contribution in [0.5, 0.6) is 0 Å². The van der Waals surface area contributed by atoms with Gasteiger partial charge in [-0.05, 0) is 26.8 Å². The summed E-state index contributed by atoms with van der Waals surface area (Å²) in [6.45, 7) is 4.74. The van der Waals surface area contributed by atoms with Crippen LogP contribution in [0.15, 0.2) is 16.9 Å². The number of ether oxygens (including phenoxy) is 1. The van der Waals surface area contributed by atoms with Crippen LogP contribution in [0.2, 0.25) is 0 Å².